The first-order chi connectivity index (χ1) is 11.9. The zero-order valence-corrected chi connectivity index (χ0v) is 12.9. The molecule has 0 unspecified atom stereocenters. The van der Waals surface area contributed by atoms with Gasteiger partial charge in [-0.05, 0) is 6.07 Å². The van der Waals surface area contributed by atoms with Gasteiger partial charge < -0.3 is 9.47 Å². The number of carbonyl (C=O) groups excluding carboxylic acids is 1. The number of hydrogen-bond acceptors (Lipinski definition) is 4. The van der Waals surface area contributed by atoms with Gasteiger partial charge >= 0.3 is 6.18 Å². The second-order valence-electron chi connectivity index (χ2n) is 5.79. The number of alkyl halides is 3. The Morgan fingerprint density at radius 3 is 2.72 bits per heavy atom. The summed E-state index contributed by atoms with van der Waals surface area (Å²) in [6.07, 6.45) is -2.78. The van der Waals surface area contributed by atoms with Crippen molar-refractivity contribution in [3.8, 4) is 0 Å². The van der Waals surface area contributed by atoms with Gasteiger partial charge in [-0.3, -0.25) is 9.48 Å². The number of carbonyl (C=O) groups is 1. The number of hydrogen-bond donors (Lipinski definition) is 0. The molecule has 0 aliphatic carbocycles. The Kier molecular flexibility index (Phi) is 3.48. The first-order valence-electron chi connectivity index (χ1n) is 7.61. The van der Waals surface area contributed by atoms with E-state index in [0.29, 0.717) is 0 Å². The van der Waals surface area contributed by atoms with Crippen LogP contribution in [0.15, 0.2) is 30.5 Å². The van der Waals surface area contributed by atoms with E-state index in [0.717, 1.165) is 15.5 Å². The van der Waals surface area contributed by atoms with Crippen molar-refractivity contribution >= 4 is 16.8 Å². The van der Waals surface area contributed by atoms with E-state index < -0.39 is 12.0 Å². The van der Waals surface area contributed by atoms with Crippen LogP contribution < -0.4 is 0 Å². The molecule has 7 nitrogen and oxygen atoms in total. The van der Waals surface area contributed by atoms with Gasteiger partial charge in [-0.25, -0.2) is 0 Å². The third-order valence-electron chi connectivity index (χ3n) is 4.12. The number of amides is 1. The first-order valence-corrected chi connectivity index (χ1v) is 7.61. The SMILES string of the molecule is O=C(Cn1cc2ccccc2n1)N1CCn2c(nnc2C(F)(F)F)C1. The van der Waals surface area contributed by atoms with Crippen LogP contribution in [0.5, 0.6) is 0 Å². The van der Waals surface area contributed by atoms with Crippen LogP contribution in [0.3, 0.4) is 0 Å². The maximum Gasteiger partial charge on any atom is 0.451 e. The normalized spacial score (nSPS) is 14.8. The van der Waals surface area contributed by atoms with Crippen LogP contribution in [-0.2, 0) is 30.6 Å². The molecule has 4 rings (SSSR count). The zero-order chi connectivity index (χ0) is 17.6. The van der Waals surface area contributed by atoms with E-state index >= 15 is 0 Å². The smallest absolute Gasteiger partial charge is 0.332 e. The molecule has 0 bridgehead atoms. The van der Waals surface area contributed by atoms with Crippen molar-refractivity contribution in [2.45, 2.75) is 25.8 Å². The van der Waals surface area contributed by atoms with Crippen LogP contribution in [0, 0.1) is 0 Å². The van der Waals surface area contributed by atoms with Crippen molar-refractivity contribution in [1.29, 1.82) is 0 Å². The lowest BCUT2D eigenvalue weighted by Gasteiger charge is -2.28. The molecule has 3 aromatic rings. The molecular weight excluding hydrogens is 337 g/mol. The van der Waals surface area contributed by atoms with Crippen molar-refractivity contribution in [2.24, 2.45) is 0 Å². The Hall–Kier alpha value is -2.91. The van der Waals surface area contributed by atoms with Crippen LogP contribution in [0.25, 0.3) is 10.9 Å². The number of halogens is 3. The molecule has 1 aliphatic rings. The zero-order valence-electron chi connectivity index (χ0n) is 12.9. The second kappa shape index (κ2) is 5.57. The summed E-state index contributed by atoms with van der Waals surface area (Å²) in [5.41, 5.74) is 0.781. The van der Waals surface area contributed by atoms with Crippen LogP contribution in [0.2, 0.25) is 0 Å². The average molecular weight is 350 g/mol. The molecule has 1 aromatic carbocycles. The summed E-state index contributed by atoms with van der Waals surface area (Å²) < 4.78 is 41.1. The van der Waals surface area contributed by atoms with Gasteiger partial charge in [0.05, 0.1) is 12.1 Å². The maximum absolute atomic E-state index is 12.8. The third-order valence-corrected chi connectivity index (χ3v) is 4.12. The molecule has 0 saturated heterocycles. The van der Waals surface area contributed by atoms with Gasteiger partial charge in [-0.2, -0.15) is 18.3 Å². The summed E-state index contributed by atoms with van der Waals surface area (Å²) in [5.74, 6) is -1.11. The van der Waals surface area contributed by atoms with Gasteiger partial charge in [0.2, 0.25) is 11.7 Å². The van der Waals surface area contributed by atoms with Gasteiger partial charge in [-0.15, -0.1) is 10.2 Å². The van der Waals surface area contributed by atoms with Gasteiger partial charge in [0.1, 0.15) is 6.54 Å². The lowest BCUT2D eigenvalue weighted by molar-refractivity contribution is -0.148. The highest BCUT2D eigenvalue weighted by Crippen LogP contribution is 2.29. The Bertz CT molecular complexity index is 911. The molecule has 0 spiro atoms. The number of benzene rings is 1. The van der Waals surface area contributed by atoms with E-state index in [4.69, 9.17) is 0 Å². The van der Waals surface area contributed by atoms with E-state index in [1.54, 1.807) is 6.20 Å². The molecule has 10 heteroatoms. The average Bonchev–Trinajstić information content (AvgIpc) is 3.16. The molecule has 1 aliphatic heterocycles. The van der Waals surface area contributed by atoms with Gasteiger partial charge in [0.15, 0.2) is 5.82 Å². The van der Waals surface area contributed by atoms with E-state index in [1.807, 2.05) is 24.3 Å². The number of fused-ring (bicyclic) bond motifs is 2. The highest BCUT2D eigenvalue weighted by molar-refractivity contribution is 5.79. The molecule has 25 heavy (non-hydrogen) atoms. The first kappa shape index (κ1) is 15.6. The number of aromatic nitrogens is 5. The molecule has 0 saturated carbocycles. The quantitative estimate of drug-likeness (QED) is 0.705. The molecule has 0 N–H and O–H groups in total. The lowest BCUT2D eigenvalue weighted by atomic mass is 10.3. The van der Waals surface area contributed by atoms with Gasteiger partial charge in [0.25, 0.3) is 0 Å². The Labute approximate surface area is 139 Å². The molecule has 0 radical (unpaired) electrons. The Morgan fingerprint density at radius 2 is 1.96 bits per heavy atom. The highest BCUT2D eigenvalue weighted by Gasteiger charge is 2.39. The van der Waals surface area contributed by atoms with E-state index in [-0.39, 0.29) is 37.9 Å². The topological polar surface area (TPSA) is 68.8 Å². The van der Waals surface area contributed by atoms with E-state index in [2.05, 4.69) is 15.3 Å². The van der Waals surface area contributed by atoms with E-state index in [1.165, 1.54) is 9.58 Å². The molecular formula is C15H13F3N6O. The third kappa shape index (κ3) is 2.83. The Morgan fingerprint density at radius 1 is 1.16 bits per heavy atom. The van der Waals surface area contributed by atoms with Gasteiger partial charge in [0, 0.05) is 24.7 Å². The fraction of sp³-hybridized carbons (Fsp3) is 0.333. The predicted octanol–water partition coefficient (Wildman–Crippen LogP) is 1.69. The molecule has 0 atom stereocenters. The summed E-state index contributed by atoms with van der Waals surface area (Å²) in [7, 11) is 0. The van der Waals surface area contributed by atoms with Gasteiger partial charge in [-0.1, -0.05) is 18.2 Å². The molecule has 2 aromatic heterocycles. The fourth-order valence-corrected chi connectivity index (χ4v) is 2.92. The lowest BCUT2D eigenvalue weighted by Crippen LogP contribution is -2.41. The summed E-state index contributed by atoms with van der Waals surface area (Å²) >= 11 is 0. The van der Waals surface area contributed by atoms with Crippen LogP contribution >= 0.6 is 0 Å². The maximum atomic E-state index is 12.8. The van der Waals surface area contributed by atoms with Crippen LogP contribution in [0.4, 0.5) is 13.2 Å². The minimum atomic E-state index is -4.55. The largest absolute Gasteiger partial charge is 0.451 e. The van der Waals surface area contributed by atoms with Crippen LogP contribution in [-0.4, -0.2) is 41.9 Å². The number of nitrogens with zero attached hydrogens (tertiary/aromatic N) is 6. The highest BCUT2D eigenvalue weighted by atomic mass is 19.4. The van der Waals surface area contributed by atoms with Crippen molar-refractivity contribution in [3.05, 3.63) is 42.1 Å². The summed E-state index contributed by atoms with van der Waals surface area (Å²) in [5, 5.41) is 12.0. The van der Waals surface area contributed by atoms with E-state index in [9.17, 15) is 18.0 Å². The molecule has 1 amide bonds. The van der Waals surface area contributed by atoms with Crippen LogP contribution in [0.1, 0.15) is 11.6 Å². The fourth-order valence-electron chi connectivity index (χ4n) is 2.92. The molecule has 3 heterocycles. The Balaban J connectivity index is 1.49. The molecule has 130 valence electrons. The minimum Gasteiger partial charge on any atom is -0.332 e. The minimum absolute atomic E-state index is 0.00268. The summed E-state index contributed by atoms with van der Waals surface area (Å²) in [4.78, 5) is 13.9. The summed E-state index contributed by atoms with van der Waals surface area (Å²) in [6, 6.07) is 7.48. The predicted molar refractivity (Wildman–Crippen MR) is 80.2 cm³/mol. The number of rotatable bonds is 2. The molecule has 0 fully saturated rings. The van der Waals surface area contributed by atoms with Crippen molar-refractivity contribution in [3.63, 3.8) is 0 Å². The monoisotopic (exact) mass is 350 g/mol. The standard InChI is InChI=1S/C15H13F3N6O/c16-15(17,18)14-20-19-12-8-22(5-6-24(12)14)13(25)9-23-7-10-3-1-2-4-11(10)21-23/h1-4,7H,5-6,8-9H2. The van der Waals surface area contributed by atoms with Crippen molar-refractivity contribution in [2.75, 3.05) is 6.54 Å². The van der Waals surface area contributed by atoms with Crippen molar-refractivity contribution in [1.82, 2.24) is 29.4 Å². The van der Waals surface area contributed by atoms with Crippen molar-refractivity contribution < 1.29 is 18.0 Å². The summed E-state index contributed by atoms with van der Waals surface area (Å²) in [6.45, 7) is 0.218. The second-order valence-corrected chi connectivity index (χ2v) is 5.79.